The molecule has 2 fully saturated rings. The zero-order valence-corrected chi connectivity index (χ0v) is 20.0. The van der Waals surface area contributed by atoms with Crippen molar-refractivity contribution in [1.29, 1.82) is 0 Å². The summed E-state index contributed by atoms with van der Waals surface area (Å²) in [5.74, 6) is 0.479. The van der Waals surface area contributed by atoms with Crippen molar-refractivity contribution in [3.63, 3.8) is 0 Å². The van der Waals surface area contributed by atoms with Crippen molar-refractivity contribution in [2.45, 2.75) is 43.9 Å². The Balaban J connectivity index is 1.39. The molecule has 9 heteroatoms. The second kappa shape index (κ2) is 10.5. The average Bonchev–Trinajstić information content (AvgIpc) is 3.26. The van der Waals surface area contributed by atoms with E-state index in [2.05, 4.69) is 19.7 Å². The van der Waals surface area contributed by atoms with Gasteiger partial charge in [0.2, 0.25) is 0 Å². The number of carbonyl (C=O) groups is 1. The average molecular weight is 473 g/mol. The lowest BCUT2D eigenvalue weighted by molar-refractivity contribution is -0.137. The fourth-order valence-electron chi connectivity index (χ4n) is 5.06. The second-order valence-electron chi connectivity index (χ2n) is 9.02. The Hall–Kier alpha value is -3.07. The van der Waals surface area contributed by atoms with Gasteiger partial charge in [0.05, 0.1) is 37.2 Å². The van der Waals surface area contributed by atoms with Crippen molar-refractivity contribution in [2.75, 3.05) is 55.6 Å². The minimum atomic E-state index is -0.809. The molecule has 2 saturated heterocycles. The van der Waals surface area contributed by atoms with Gasteiger partial charge in [0, 0.05) is 51.9 Å². The van der Waals surface area contributed by atoms with Crippen LogP contribution in [0.15, 0.2) is 36.5 Å². The Bertz CT molecular complexity index is 981. The summed E-state index contributed by atoms with van der Waals surface area (Å²) in [6.07, 6.45) is 4.38. The van der Waals surface area contributed by atoms with Gasteiger partial charge in [-0.25, -0.2) is 9.37 Å². The number of halogens is 1. The molecule has 0 aliphatic carbocycles. The molecule has 4 rings (SSSR count). The number of ether oxygens (including phenoxy) is 2. The van der Waals surface area contributed by atoms with Gasteiger partial charge in [0.25, 0.3) is 0 Å². The Morgan fingerprint density at radius 2 is 2.00 bits per heavy atom. The Kier molecular flexibility index (Phi) is 7.41. The first-order chi connectivity index (χ1) is 16.4. The van der Waals surface area contributed by atoms with Crippen molar-refractivity contribution in [2.24, 2.45) is 0 Å². The minimum Gasteiger partial charge on any atom is -0.497 e. The molecule has 2 unspecified atom stereocenters. The van der Waals surface area contributed by atoms with E-state index in [1.54, 1.807) is 26.4 Å². The van der Waals surface area contributed by atoms with Crippen LogP contribution in [-0.4, -0.2) is 75.1 Å². The van der Waals surface area contributed by atoms with Crippen LogP contribution in [0, 0.1) is 5.82 Å². The molecule has 0 spiro atoms. The maximum Gasteiger partial charge on any atom is 0.305 e. The third kappa shape index (κ3) is 5.19. The van der Waals surface area contributed by atoms with Crippen LogP contribution >= 0.6 is 0 Å². The molecule has 1 N–H and O–H groups in total. The summed E-state index contributed by atoms with van der Waals surface area (Å²) < 4.78 is 25.1. The number of hydrogen-bond donors (Lipinski definition) is 1. The molecule has 1 aromatic heterocycles. The first kappa shape index (κ1) is 24.1. The molecule has 0 saturated carbocycles. The minimum absolute atomic E-state index is 0.0197. The van der Waals surface area contributed by atoms with E-state index in [-0.39, 0.29) is 24.4 Å². The first-order valence-electron chi connectivity index (χ1n) is 11.7. The van der Waals surface area contributed by atoms with E-state index in [0.717, 1.165) is 37.4 Å². The molecule has 1 aromatic carbocycles. The summed E-state index contributed by atoms with van der Waals surface area (Å²) >= 11 is 0. The van der Waals surface area contributed by atoms with E-state index in [0.29, 0.717) is 30.4 Å². The molecule has 0 amide bonds. The monoisotopic (exact) mass is 472 g/mol. The number of carboxylic acids is 1. The topological polar surface area (TPSA) is 78.4 Å². The van der Waals surface area contributed by atoms with Crippen LogP contribution < -0.4 is 19.4 Å². The van der Waals surface area contributed by atoms with Crippen LogP contribution in [0.2, 0.25) is 0 Å². The number of pyridine rings is 1. The summed E-state index contributed by atoms with van der Waals surface area (Å²) in [5, 5.41) is 9.27. The van der Waals surface area contributed by atoms with Gasteiger partial charge in [-0.3, -0.25) is 4.79 Å². The third-order valence-corrected chi connectivity index (χ3v) is 7.05. The van der Waals surface area contributed by atoms with E-state index in [9.17, 15) is 14.3 Å². The van der Waals surface area contributed by atoms with Gasteiger partial charge in [-0.1, -0.05) is 0 Å². The number of carboxylic acid groups (broad SMARTS) is 1. The van der Waals surface area contributed by atoms with Gasteiger partial charge < -0.3 is 29.3 Å². The molecule has 2 aliphatic rings. The molecule has 0 radical (unpaired) electrons. The summed E-state index contributed by atoms with van der Waals surface area (Å²) in [5.41, 5.74) is 1.49. The van der Waals surface area contributed by atoms with Gasteiger partial charge in [-0.2, -0.15) is 0 Å². The zero-order valence-electron chi connectivity index (χ0n) is 20.0. The highest BCUT2D eigenvalue weighted by molar-refractivity contribution is 5.69. The first-order valence-corrected chi connectivity index (χ1v) is 11.7. The molecule has 0 bridgehead atoms. The number of hydrogen-bond acceptors (Lipinski definition) is 7. The van der Waals surface area contributed by atoms with E-state index in [1.807, 2.05) is 25.4 Å². The summed E-state index contributed by atoms with van der Waals surface area (Å²) in [4.78, 5) is 22.3. The fraction of sp³-hybridized carbons (Fsp3) is 0.520. The highest BCUT2D eigenvalue weighted by Crippen LogP contribution is 2.31. The quantitative estimate of drug-likeness (QED) is 0.626. The lowest BCUT2D eigenvalue weighted by Gasteiger charge is -2.38. The standard InChI is InChI=1S/C25H33FN4O4/c1-28(17-8-10-29(11-9-17)23-14-20(33-2)5-6-22(23)26)24-7-4-18(15-27-24)30-16-21(34-3)12-19(30)13-25(31)32/h4-7,14-15,17,19,21H,8-13,16H2,1-3H3,(H,31,32). The lowest BCUT2D eigenvalue weighted by atomic mass is 10.0. The largest absolute Gasteiger partial charge is 0.497 e. The number of rotatable bonds is 8. The SMILES string of the molecule is COc1ccc(F)c(N2CCC(N(C)c3ccc(N4CC(OC)CC4CC(=O)O)cn3)CC2)c1. The molecule has 2 aliphatic heterocycles. The number of methoxy groups -OCH3 is 2. The predicted octanol–water partition coefficient (Wildman–Crippen LogP) is 3.40. The van der Waals surface area contributed by atoms with Gasteiger partial charge >= 0.3 is 5.97 Å². The van der Waals surface area contributed by atoms with Crippen molar-refractivity contribution in [3.8, 4) is 5.75 Å². The summed E-state index contributed by atoms with van der Waals surface area (Å²) in [7, 11) is 5.29. The van der Waals surface area contributed by atoms with Crippen LogP contribution in [-0.2, 0) is 9.53 Å². The van der Waals surface area contributed by atoms with Crippen molar-refractivity contribution >= 4 is 23.2 Å². The maximum absolute atomic E-state index is 14.4. The molecule has 3 heterocycles. The van der Waals surface area contributed by atoms with Gasteiger partial charge in [-0.05, 0) is 43.5 Å². The predicted molar refractivity (Wildman–Crippen MR) is 130 cm³/mol. The van der Waals surface area contributed by atoms with Crippen LogP contribution in [0.1, 0.15) is 25.7 Å². The number of benzene rings is 1. The molecule has 2 atom stereocenters. The number of piperidine rings is 1. The molecule has 8 nitrogen and oxygen atoms in total. The zero-order chi connectivity index (χ0) is 24.2. The van der Waals surface area contributed by atoms with E-state index in [1.165, 1.54) is 6.07 Å². The molecular weight excluding hydrogens is 439 g/mol. The fourth-order valence-corrected chi connectivity index (χ4v) is 5.06. The molecule has 184 valence electrons. The van der Waals surface area contributed by atoms with Gasteiger partial charge in [0.15, 0.2) is 0 Å². The Labute approximate surface area is 199 Å². The smallest absolute Gasteiger partial charge is 0.305 e. The number of nitrogens with zero attached hydrogens (tertiary/aromatic N) is 4. The number of anilines is 3. The third-order valence-electron chi connectivity index (χ3n) is 7.05. The van der Waals surface area contributed by atoms with Gasteiger partial charge in [0.1, 0.15) is 17.4 Å². The second-order valence-corrected chi connectivity index (χ2v) is 9.02. The van der Waals surface area contributed by atoms with Crippen LogP contribution in [0.5, 0.6) is 5.75 Å². The van der Waals surface area contributed by atoms with Crippen LogP contribution in [0.25, 0.3) is 0 Å². The lowest BCUT2D eigenvalue weighted by Crippen LogP contribution is -2.44. The van der Waals surface area contributed by atoms with Crippen LogP contribution in [0.3, 0.4) is 0 Å². The summed E-state index contributed by atoms with van der Waals surface area (Å²) in [6.45, 7) is 2.16. The number of aliphatic carboxylic acids is 1. The van der Waals surface area contributed by atoms with Crippen LogP contribution in [0.4, 0.5) is 21.6 Å². The summed E-state index contributed by atoms with van der Waals surface area (Å²) in [6, 6.07) is 9.03. The van der Waals surface area contributed by atoms with E-state index in [4.69, 9.17) is 9.47 Å². The highest BCUT2D eigenvalue weighted by atomic mass is 19.1. The Morgan fingerprint density at radius 1 is 1.24 bits per heavy atom. The molecular formula is C25H33FN4O4. The maximum atomic E-state index is 14.4. The van der Waals surface area contributed by atoms with Crippen molar-refractivity contribution in [1.82, 2.24) is 4.98 Å². The van der Waals surface area contributed by atoms with E-state index < -0.39 is 5.97 Å². The normalized spacial score (nSPS) is 21.1. The molecule has 2 aromatic rings. The van der Waals surface area contributed by atoms with Gasteiger partial charge in [-0.15, -0.1) is 0 Å². The number of aromatic nitrogens is 1. The van der Waals surface area contributed by atoms with Crippen molar-refractivity contribution < 1.29 is 23.8 Å². The molecule has 34 heavy (non-hydrogen) atoms. The highest BCUT2D eigenvalue weighted by Gasteiger charge is 2.34. The Morgan fingerprint density at radius 3 is 2.62 bits per heavy atom. The van der Waals surface area contributed by atoms with Crippen molar-refractivity contribution in [3.05, 3.63) is 42.3 Å². The van der Waals surface area contributed by atoms with E-state index >= 15 is 0 Å².